The van der Waals surface area contributed by atoms with Gasteiger partial charge < -0.3 is 14.6 Å². The van der Waals surface area contributed by atoms with Crippen molar-refractivity contribution < 1.29 is 14.6 Å². The number of ether oxygens (including phenoxy) is 2. The molecule has 4 nitrogen and oxygen atoms in total. The van der Waals surface area contributed by atoms with E-state index in [0.29, 0.717) is 24.7 Å². The largest absolute Gasteiger partial charge is 0.490 e. The highest BCUT2D eigenvalue weighted by atomic mass is 79.9. The molecule has 5 heteroatoms. The van der Waals surface area contributed by atoms with Gasteiger partial charge in [0.05, 0.1) is 6.61 Å². The van der Waals surface area contributed by atoms with Crippen molar-refractivity contribution in [2.75, 3.05) is 13.2 Å². The highest BCUT2D eigenvalue weighted by Gasteiger charge is 2.04. The molecule has 1 heterocycles. The lowest BCUT2D eigenvalue weighted by Crippen LogP contribution is -2.10. The first-order chi connectivity index (χ1) is 9.69. The maximum atomic E-state index is 9.23. The van der Waals surface area contributed by atoms with E-state index in [1.807, 2.05) is 43.3 Å². The minimum absolute atomic E-state index is 0.135. The molecule has 0 saturated heterocycles. The van der Waals surface area contributed by atoms with Crippen LogP contribution < -0.4 is 9.47 Å². The summed E-state index contributed by atoms with van der Waals surface area (Å²) >= 11 is 3.39. The number of aliphatic hydroxyl groups excluding tert-OH is 1. The number of aryl methyl sites for hydroxylation is 1. The first-order valence-corrected chi connectivity index (χ1v) is 7.07. The highest BCUT2D eigenvalue weighted by molar-refractivity contribution is 9.10. The zero-order valence-electron chi connectivity index (χ0n) is 11.2. The third-order valence-corrected chi connectivity index (χ3v) is 3.12. The Bertz CT molecular complexity index is 575. The first-order valence-electron chi connectivity index (χ1n) is 6.27. The maximum absolute atomic E-state index is 9.23. The van der Waals surface area contributed by atoms with Gasteiger partial charge in [-0.2, -0.15) is 0 Å². The lowest BCUT2D eigenvalue weighted by atomic mass is 10.3. The summed E-state index contributed by atoms with van der Waals surface area (Å²) in [7, 11) is 0. The van der Waals surface area contributed by atoms with Crippen LogP contribution in [0.25, 0.3) is 0 Å². The monoisotopic (exact) mass is 337 g/mol. The van der Waals surface area contributed by atoms with Crippen molar-refractivity contribution in [2.24, 2.45) is 0 Å². The zero-order chi connectivity index (χ0) is 14.4. The minimum Gasteiger partial charge on any atom is -0.490 e. The van der Waals surface area contributed by atoms with Crippen LogP contribution in [0, 0.1) is 6.92 Å². The van der Waals surface area contributed by atoms with Crippen LogP contribution in [-0.4, -0.2) is 23.3 Å². The van der Waals surface area contributed by atoms with Gasteiger partial charge in [-0.1, -0.05) is 22.0 Å². The SMILES string of the molecule is Cc1ccc(OCCOc2cccc(Br)c2)c(CO)n1. The molecule has 0 radical (unpaired) electrons. The van der Waals surface area contributed by atoms with Crippen LogP contribution in [0.5, 0.6) is 11.5 Å². The van der Waals surface area contributed by atoms with Crippen LogP contribution in [0.4, 0.5) is 0 Å². The highest BCUT2D eigenvalue weighted by Crippen LogP contribution is 2.19. The summed E-state index contributed by atoms with van der Waals surface area (Å²) in [4.78, 5) is 4.22. The molecule has 0 bridgehead atoms. The molecule has 0 aliphatic heterocycles. The van der Waals surface area contributed by atoms with E-state index in [1.165, 1.54) is 0 Å². The first kappa shape index (κ1) is 14.8. The van der Waals surface area contributed by atoms with Crippen molar-refractivity contribution in [1.82, 2.24) is 4.98 Å². The van der Waals surface area contributed by atoms with E-state index in [9.17, 15) is 5.11 Å². The molecule has 2 aromatic rings. The Labute approximate surface area is 126 Å². The predicted molar refractivity (Wildman–Crippen MR) is 80.0 cm³/mol. The Morgan fingerprint density at radius 3 is 2.70 bits per heavy atom. The lowest BCUT2D eigenvalue weighted by Gasteiger charge is -2.11. The van der Waals surface area contributed by atoms with Crippen LogP contribution in [0.15, 0.2) is 40.9 Å². The molecule has 0 aliphatic rings. The Balaban J connectivity index is 1.84. The quantitative estimate of drug-likeness (QED) is 0.823. The van der Waals surface area contributed by atoms with Gasteiger partial charge in [-0.15, -0.1) is 0 Å². The summed E-state index contributed by atoms with van der Waals surface area (Å²) in [5, 5.41) is 9.23. The minimum atomic E-state index is -0.135. The van der Waals surface area contributed by atoms with Gasteiger partial charge in [-0.25, -0.2) is 0 Å². The van der Waals surface area contributed by atoms with E-state index in [0.717, 1.165) is 15.9 Å². The van der Waals surface area contributed by atoms with Crippen LogP contribution >= 0.6 is 15.9 Å². The second-order valence-corrected chi connectivity index (χ2v) is 5.13. The number of pyridine rings is 1. The molecule has 0 fully saturated rings. The van der Waals surface area contributed by atoms with Crippen molar-refractivity contribution >= 4 is 15.9 Å². The molecular formula is C15H16BrNO3. The third kappa shape index (κ3) is 4.21. The number of halogens is 1. The summed E-state index contributed by atoms with van der Waals surface area (Å²) in [6.07, 6.45) is 0. The smallest absolute Gasteiger partial charge is 0.143 e. The van der Waals surface area contributed by atoms with Gasteiger partial charge in [0, 0.05) is 10.2 Å². The third-order valence-electron chi connectivity index (χ3n) is 2.63. The van der Waals surface area contributed by atoms with Gasteiger partial charge >= 0.3 is 0 Å². The number of rotatable bonds is 6. The number of benzene rings is 1. The van der Waals surface area contributed by atoms with E-state index >= 15 is 0 Å². The van der Waals surface area contributed by atoms with Crippen LogP contribution in [0.2, 0.25) is 0 Å². The van der Waals surface area contributed by atoms with Crippen molar-refractivity contribution in [3.05, 3.63) is 52.3 Å². The normalized spacial score (nSPS) is 10.3. The van der Waals surface area contributed by atoms with Crippen molar-refractivity contribution in [3.63, 3.8) is 0 Å². The lowest BCUT2D eigenvalue weighted by molar-refractivity contribution is 0.208. The van der Waals surface area contributed by atoms with Gasteiger partial charge in [0.2, 0.25) is 0 Å². The summed E-state index contributed by atoms with van der Waals surface area (Å²) in [6, 6.07) is 11.3. The Morgan fingerprint density at radius 1 is 1.15 bits per heavy atom. The summed E-state index contributed by atoms with van der Waals surface area (Å²) in [5.41, 5.74) is 1.40. The number of aromatic nitrogens is 1. The molecule has 0 amide bonds. The summed E-state index contributed by atoms with van der Waals surface area (Å²) < 4.78 is 12.1. The van der Waals surface area contributed by atoms with Gasteiger partial charge in [-0.05, 0) is 37.3 Å². The van der Waals surface area contributed by atoms with E-state index in [4.69, 9.17) is 9.47 Å². The van der Waals surface area contributed by atoms with E-state index in [-0.39, 0.29) is 6.61 Å². The average molecular weight is 338 g/mol. The Hall–Kier alpha value is -1.59. The standard InChI is InChI=1S/C15H16BrNO3/c1-11-5-6-15(14(10-18)17-11)20-8-7-19-13-4-2-3-12(16)9-13/h2-6,9,18H,7-8,10H2,1H3. The summed E-state index contributed by atoms with van der Waals surface area (Å²) in [5.74, 6) is 1.38. The molecule has 1 aromatic carbocycles. The average Bonchev–Trinajstić information content (AvgIpc) is 2.45. The Kier molecular flexibility index (Phi) is 5.38. The van der Waals surface area contributed by atoms with Crippen LogP contribution in [-0.2, 0) is 6.61 Å². The zero-order valence-corrected chi connectivity index (χ0v) is 12.8. The van der Waals surface area contributed by atoms with E-state index in [1.54, 1.807) is 0 Å². The number of hydrogen-bond acceptors (Lipinski definition) is 4. The summed E-state index contributed by atoms with van der Waals surface area (Å²) in [6.45, 7) is 2.56. The molecule has 2 rings (SSSR count). The maximum Gasteiger partial charge on any atom is 0.143 e. The van der Waals surface area contributed by atoms with Crippen molar-refractivity contribution in [3.8, 4) is 11.5 Å². The molecule has 0 aliphatic carbocycles. The van der Waals surface area contributed by atoms with Gasteiger partial charge in [0.15, 0.2) is 0 Å². The fraction of sp³-hybridized carbons (Fsp3) is 0.267. The van der Waals surface area contributed by atoms with Gasteiger partial charge in [0.1, 0.15) is 30.4 Å². The molecule has 0 spiro atoms. The van der Waals surface area contributed by atoms with Crippen molar-refractivity contribution in [1.29, 1.82) is 0 Å². The molecule has 1 N–H and O–H groups in total. The predicted octanol–water partition coefficient (Wildman–Crippen LogP) is 3.10. The number of hydrogen-bond donors (Lipinski definition) is 1. The second-order valence-electron chi connectivity index (χ2n) is 4.21. The topological polar surface area (TPSA) is 51.6 Å². The van der Waals surface area contributed by atoms with Gasteiger partial charge in [-0.3, -0.25) is 4.98 Å². The van der Waals surface area contributed by atoms with E-state index in [2.05, 4.69) is 20.9 Å². The van der Waals surface area contributed by atoms with Crippen LogP contribution in [0.3, 0.4) is 0 Å². The van der Waals surface area contributed by atoms with Gasteiger partial charge in [0.25, 0.3) is 0 Å². The molecule has 106 valence electrons. The number of nitrogens with zero attached hydrogens (tertiary/aromatic N) is 1. The molecule has 0 unspecified atom stereocenters. The Morgan fingerprint density at radius 2 is 1.95 bits per heavy atom. The molecule has 1 aromatic heterocycles. The van der Waals surface area contributed by atoms with E-state index < -0.39 is 0 Å². The molecule has 0 saturated carbocycles. The van der Waals surface area contributed by atoms with Crippen molar-refractivity contribution in [2.45, 2.75) is 13.5 Å². The fourth-order valence-electron chi connectivity index (χ4n) is 1.71. The molecular weight excluding hydrogens is 322 g/mol. The van der Waals surface area contributed by atoms with Crippen LogP contribution in [0.1, 0.15) is 11.4 Å². The number of aliphatic hydroxyl groups is 1. The second kappa shape index (κ2) is 7.26. The fourth-order valence-corrected chi connectivity index (χ4v) is 2.09. The molecule has 20 heavy (non-hydrogen) atoms. The molecule has 0 atom stereocenters.